The highest BCUT2D eigenvalue weighted by atomic mass is 32.1. The fraction of sp³-hybridized carbons (Fsp3) is 0.333. The SMILES string of the molecule is Cc1cc(C(=O)Nc2nc(-c3ccc4c(c3)CCCN4C(=O)C3CC3)cs2)on1. The van der Waals surface area contributed by atoms with Gasteiger partial charge in [-0.05, 0) is 50.3 Å². The highest BCUT2D eigenvalue weighted by Gasteiger charge is 2.35. The summed E-state index contributed by atoms with van der Waals surface area (Å²) >= 11 is 1.36. The minimum absolute atomic E-state index is 0.161. The zero-order valence-electron chi connectivity index (χ0n) is 16.0. The van der Waals surface area contributed by atoms with Crippen LogP contribution >= 0.6 is 11.3 Å². The topological polar surface area (TPSA) is 88.3 Å². The van der Waals surface area contributed by atoms with Crippen molar-refractivity contribution in [2.24, 2.45) is 5.92 Å². The highest BCUT2D eigenvalue weighted by molar-refractivity contribution is 7.14. The van der Waals surface area contributed by atoms with E-state index in [1.54, 1.807) is 13.0 Å². The lowest BCUT2D eigenvalue weighted by atomic mass is 9.98. The number of rotatable bonds is 4. The Labute approximate surface area is 171 Å². The molecule has 0 atom stereocenters. The van der Waals surface area contributed by atoms with Crippen LogP contribution < -0.4 is 10.2 Å². The number of fused-ring (bicyclic) bond motifs is 1. The van der Waals surface area contributed by atoms with E-state index in [0.29, 0.717) is 10.8 Å². The molecule has 0 radical (unpaired) electrons. The molecule has 1 N–H and O–H groups in total. The molecule has 1 aromatic carbocycles. The first-order valence-electron chi connectivity index (χ1n) is 9.73. The van der Waals surface area contributed by atoms with Gasteiger partial charge in [0.2, 0.25) is 11.7 Å². The maximum atomic E-state index is 12.6. The molecule has 2 aliphatic rings. The molecule has 1 fully saturated rings. The summed E-state index contributed by atoms with van der Waals surface area (Å²) in [4.78, 5) is 31.3. The molecule has 3 aromatic rings. The number of nitrogens with one attached hydrogen (secondary N) is 1. The van der Waals surface area contributed by atoms with Crippen LogP contribution in [0.4, 0.5) is 10.8 Å². The van der Waals surface area contributed by atoms with Gasteiger partial charge < -0.3 is 9.42 Å². The summed E-state index contributed by atoms with van der Waals surface area (Å²) in [5.41, 5.74) is 4.64. The molecular formula is C21H20N4O3S. The smallest absolute Gasteiger partial charge is 0.296 e. The summed E-state index contributed by atoms with van der Waals surface area (Å²) < 4.78 is 4.99. The van der Waals surface area contributed by atoms with E-state index in [1.165, 1.54) is 16.9 Å². The molecule has 0 unspecified atom stereocenters. The highest BCUT2D eigenvalue weighted by Crippen LogP contribution is 2.37. The second kappa shape index (κ2) is 7.11. The number of benzene rings is 1. The Balaban J connectivity index is 1.35. The maximum Gasteiger partial charge on any atom is 0.296 e. The van der Waals surface area contributed by atoms with Crippen LogP contribution in [0.2, 0.25) is 0 Å². The quantitative estimate of drug-likeness (QED) is 0.704. The summed E-state index contributed by atoms with van der Waals surface area (Å²) in [6.07, 6.45) is 3.97. The summed E-state index contributed by atoms with van der Waals surface area (Å²) in [7, 11) is 0. The maximum absolute atomic E-state index is 12.6. The molecule has 3 heterocycles. The van der Waals surface area contributed by atoms with Crippen molar-refractivity contribution in [2.75, 3.05) is 16.8 Å². The van der Waals surface area contributed by atoms with Crippen LogP contribution in [0.3, 0.4) is 0 Å². The average molecular weight is 408 g/mol. The normalized spacial score (nSPS) is 15.8. The molecule has 1 aliphatic heterocycles. The molecule has 29 heavy (non-hydrogen) atoms. The van der Waals surface area contributed by atoms with E-state index in [-0.39, 0.29) is 23.5 Å². The zero-order chi connectivity index (χ0) is 20.0. The van der Waals surface area contributed by atoms with Crippen molar-refractivity contribution in [1.29, 1.82) is 0 Å². The van der Waals surface area contributed by atoms with Crippen LogP contribution in [0.25, 0.3) is 11.3 Å². The first-order valence-corrected chi connectivity index (χ1v) is 10.6. The van der Waals surface area contributed by atoms with E-state index < -0.39 is 0 Å². The third-order valence-electron chi connectivity index (χ3n) is 5.26. The Morgan fingerprint density at radius 3 is 2.90 bits per heavy atom. The van der Waals surface area contributed by atoms with Crippen LogP contribution in [0.1, 0.15) is 41.1 Å². The first kappa shape index (κ1) is 18.1. The lowest BCUT2D eigenvalue weighted by molar-refractivity contribution is -0.119. The second-order valence-corrected chi connectivity index (χ2v) is 8.39. The molecule has 0 spiro atoms. The molecule has 8 heteroatoms. The Morgan fingerprint density at radius 1 is 1.28 bits per heavy atom. The largest absolute Gasteiger partial charge is 0.351 e. The minimum atomic E-state index is -0.369. The van der Waals surface area contributed by atoms with Crippen LogP contribution in [0, 0.1) is 12.8 Å². The zero-order valence-corrected chi connectivity index (χ0v) is 16.8. The van der Waals surface area contributed by atoms with E-state index in [1.807, 2.05) is 22.4 Å². The van der Waals surface area contributed by atoms with Gasteiger partial charge in [-0.25, -0.2) is 4.98 Å². The van der Waals surface area contributed by atoms with Crippen molar-refractivity contribution in [3.63, 3.8) is 0 Å². The van der Waals surface area contributed by atoms with Gasteiger partial charge in [-0.3, -0.25) is 14.9 Å². The van der Waals surface area contributed by atoms with E-state index in [0.717, 1.165) is 49.2 Å². The Kier molecular flexibility index (Phi) is 4.43. The molecule has 7 nitrogen and oxygen atoms in total. The fourth-order valence-corrected chi connectivity index (χ4v) is 4.34. The number of amides is 2. The van der Waals surface area contributed by atoms with Crippen LogP contribution in [-0.4, -0.2) is 28.5 Å². The van der Waals surface area contributed by atoms with Gasteiger partial charge in [-0.2, -0.15) is 0 Å². The first-order chi connectivity index (χ1) is 14.1. The lowest BCUT2D eigenvalue weighted by Crippen LogP contribution is -2.36. The summed E-state index contributed by atoms with van der Waals surface area (Å²) in [5, 5.41) is 8.89. The van der Waals surface area contributed by atoms with E-state index in [4.69, 9.17) is 4.52 Å². The monoisotopic (exact) mass is 408 g/mol. The van der Waals surface area contributed by atoms with E-state index in [9.17, 15) is 9.59 Å². The molecule has 0 bridgehead atoms. The number of nitrogens with zero attached hydrogens (tertiary/aromatic N) is 3. The number of carbonyl (C=O) groups is 2. The molecular weight excluding hydrogens is 388 g/mol. The third kappa shape index (κ3) is 3.55. The van der Waals surface area contributed by atoms with Gasteiger partial charge in [0.05, 0.1) is 11.4 Å². The molecule has 2 aromatic heterocycles. The molecule has 148 valence electrons. The van der Waals surface area contributed by atoms with E-state index in [2.05, 4.69) is 21.5 Å². The van der Waals surface area contributed by atoms with Gasteiger partial charge in [-0.1, -0.05) is 11.2 Å². The van der Waals surface area contributed by atoms with E-state index >= 15 is 0 Å². The Bertz CT molecular complexity index is 1100. The predicted molar refractivity (Wildman–Crippen MR) is 110 cm³/mol. The van der Waals surface area contributed by atoms with Crippen molar-refractivity contribution in [3.8, 4) is 11.3 Å². The number of anilines is 2. The standard InChI is InChI=1S/C21H20N4O3S/c1-12-9-18(28-24-12)19(26)23-21-22-16(11-29-21)14-6-7-17-15(10-14)3-2-8-25(17)20(27)13-4-5-13/h6-7,9-11,13H,2-5,8H2,1H3,(H,22,23,26). The van der Waals surface area contributed by atoms with Gasteiger partial charge in [0, 0.05) is 35.2 Å². The van der Waals surface area contributed by atoms with Gasteiger partial charge in [0.15, 0.2) is 5.13 Å². The third-order valence-corrected chi connectivity index (χ3v) is 6.02. The molecule has 5 rings (SSSR count). The number of carbonyl (C=O) groups excluding carboxylic acids is 2. The second-order valence-electron chi connectivity index (χ2n) is 7.54. The van der Waals surface area contributed by atoms with Crippen molar-refractivity contribution in [1.82, 2.24) is 10.1 Å². The van der Waals surface area contributed by atoms with Gasteiger partial charge >= 0.3 is 0 Å². The van der Waals surface area contributed by atoms with Crippen molar-refractivity contribution in [2.45, 2.75) is 32.6 Å². The van der Waals surface area contributed by atoms with Crippen LogP contribution in [-0.2, 0) is 11.2 Å². The molecule has 2 amide bonds. The number of aromatic nitrogens is 2. The number of aryl methyl sites for hydroxylation is 2. The average Bonchev–Trinajstić information content (AvgIpc) is 3.33. The van der Waals surface area contributed by atoms with Gasteiger partial charge in [0.1, 0.15) is 0 Å². The number of hydrogen-bond acceptors (Lipinski definition) is 6. The fourth-order valence-electron chi connectivity index (χ4n) is 3.63. The lowest BCUT2D eigenvalue weighted by Gasteiger charge is -2.30. The van der Waals surface area contributed by atoms with Crippen molar-refractivity contribution in [3.05, 3.63) is 46.7 Å². The number of thiazole rings is 1. The van der Waals surface area contributed by atoms with Gasteiger partial charge in [-0.15, -0.1) is 11.3 Å². The molecule has 1 saturated carbocycles. The van der Waals surface area contributed by atoms with Crippen molar-refractivity contribution >= 4 is 34.0 Å². The van der Waals surface area contributed by atoms with Crippen LogP contribution in [0.15, 0.2) is 34.2 Å². The predicted octanol–water partition coefficient (Wildman–Crippen LogP) is 4.05. The molecule has 1 aliphatic carbocycles. The molecule has 0 saturated heterocycles. The van der Waals surface area contributed by atoms with Crippen LogP contribution in [0.5, 0.6) is 0 Å². The summed E-state index contributed by atoms with van der Waals surface area (Å²) in [6, 6.07) is 7.72. The number of hydrogen-bond donors (Lipinski definition) is 1. The Hall–Kier alpha value is -3.00. The summed E-state index contributed by atoms with van der Waals surface area (Å²) in [5.74, 6) is 0.276. The minimum Gasteiger partial charge on any atom is -0.351 e. The Morgan fingerprint density at radius 2 is 2.14 bits per heavy atom. The van der Waals surface area contributed by atoms with Gasteiger partial charge in [0.25, 0.3) is 5.91 Å². The van der Waals surface area contributed by atoms with Crippen molar-refractivity contribution < 1.29 is 14.1 Å². The summed E-state index contributed by atoms with van der Waals surface area (Å²) in [6.45, 7) is 2.56.